The molecule has 0 aliphatic heterocycles. The third kappa shape index (κ3) is 3.13. The van der Waals surface area contributed by atoms with E-state index < -0.39 is 5.91 Å². The largest absolute Gasteiger partial charge is 0.368 e. The highest BCUT2D eigenvalue weighted by Gasteiger charge is 2.21. The number of nitrogens with zero attached hydrogens (tertiary/aromatic N) is 4. The van der Waals surface area contributed by atoms with Crippen LogP contribution in [-0.2, 0) is 4.79 Å². The minimum Gasteiger partial charge on any atom is -0.368 e. The summed E-state index contributed by atoms with van der Waals surface area (Å²) in [7, 11) is 1.50. The number of amides is 2. The van der Waals surface area contributed by atoms with Crippen molar-refractivity contribution >= 4 is 11.8 Å². The van der Waals surface area contributed by atoms with Crippen molar-refractivity contribution < 1.29 is 9.59 Å². The summed E-state index contributed by atoms with van der Waals surface area (Å²) in [5.74, 6) is -0.956. The fourth-order valence-electron chi connectivity index (χ4n) is 2.20. The van der Waals surface area contributed by atoms with Gasteiger partial charge in [-0.3, -0.25) is 9.59 Å². The maximum absolute atomic E-state index is 12.3. The first kappa shape index (κ1) is 15.7. The summed E-state index contributed by atoms with van der Waals surface area (Å²) in [6, 6.07) is 5.89. The Labute approximate surface area is 128 Å². The Bertz CT molecular complexity index is 736. The predicted molar refractivity (Wildman–Crippen MR) is 81.7 cm³/mol. The molecule has 116 valence electrons. The van der Waals surface area contributed by atoms with E-state index in [-0.39, 0.29) is 18.1 Å². The summed E-state index contributed by atoms with van der Waals surface area (Å²) in [5.41, 5.74) is 8.78. The molecule has 1 heterocycles. The Balaban J connectivity index is 2.35. The molecule has 0 aliphatic rings. The number of carbonyl (C=O) groups is 2. The van der Waals surface area contributed by atoms with Crippen LogP contribution in [-0.4, -0.2) is 45.3 Å². The third-order valence-electron chi connectivity index (χ3n) is 3.29. The van der Waals surface area contributed by atoms with Crippen LogP contribution in [0.1, 0.15) is 27.3 Å². The van der Waals surface area contributed by atoms with Crippen LogP contribution in [0, 0.1) is 20.8 Å². The molecule has 22 heavy (non-hydrogen) atoms. The standard InChI is InChI=1S/C15H19N5O2/c1-9-5-6-12(10(2)7-9)20-17-11(3)14(18-20)15(22)19(4)8-13(16)21/h5-7H,8H2,1-4H3,(H2,16,21). The SMILES string of the molecule is Cc1ccc(-n2nc(C)c(C(=O)N(C)CC(N)=O)n2)c(C)c1. The van der Waals surface area contributed by atoms with E-state index in [0.717, 1.165) is 16.8 Å². The number of aromatic nitrogens is 3. The first-order chi connectivity index (χ1) is 10.3. The Kier molecular flexibility index (Phi) is 4.25. The quantitative estimate of drug-likeness (QED) is 0.901. The van der Waals surface area contributed by atoms with Gasteiger partial charge in [0.25, 0.3) is 5.91 Å². The molecule has 0 fully saturated rings. The van der Waals surface area contributed by atoms with Gasteiger partial charge in [-0.1, -0.05) is 17.7 Å². The highest BCUT2D eigenvalue weighted by atomic mass is 16.2. The summed E-state index contributed by atoms with van der Waals surface area (Å²) in [6.07, 6.45) is 0. The van der Waals surface area contributed by atoms with E-state index in [2.05, 4.69) is 10.2 Å². The zero-order chi connectivity index (χ0) is 16.4. The number of hydrogen-bond acceptors (Lipinski definition) is 4. The van der Waals surface area contributed by atoms with Crippen molar-refractivity contribution in [1.29, 1.82) is 0 Å². The van der Waals surface area contributed by atoms with Crippen molar-refractivity contribution in [3.05, 3.63) is 40.7 Å². The second kappa shape index (κ2) is 5.97. The van der Waals surface area contributed by atoms with Crippen LogP contribution in [0.15, 0.2) is 18.2 Å². The highest BCUT2D eigenvalue weighted by molar-refractivity contribution is 5.95. The van der Waals surface area contributed by atoms with Crippen molar-refractivity contribution in [2.75, 3.05) is 13.6 Å². The predicted octanol–water partition coefficient (Wildman–Crippen LogP) is 0.750. The molecule has 7 heteroatoms. The number of benzene rings is 1. The van der Waals surface area contributed by atoms with Gasteiger partial charge < -0.3 is 10.6 Å². The van der Waals surface area contributed by atoms with Gasteiger partial charge in [-0.2, -0.15) is 9.90 Å². The molecule has 0 bridgehead atoms. The molecule has 0 radical (unpaired) electrons. The Morgan fingerprint density at radius 3 is 2.50 bits per heavy atom. The number of aryl methyl sites for hydroxylation is 3. The van der Waals surface area contributed by atoms with Crippen molar-refractivity contribution in [2.24, 2.45) is 5.73 Å². The molecular formula is C15H19N5O2. The molecule has 2 rings (SSSR count). The lowest BCUT2D eigenvalue weighted by Crippen LogP contribution is -2.35. The number of nitrogens with two attached hydrogens (primary N) is 1. The number of primary amides is 1. The van der Waals surface area contributed by atoms with Crippen molar-refractivity contribution in [2.45, 2.75) is 20.8 Å². The first-order valence-electron chi connectivity index (χ1n) is 6.85. The van der Waals surface area contributed by atoms with E-state index in [0.29, 0.717) is 5.69 Å². The molecule has 0 saturated carbocycles. The second-order valence-electron chi connectivity index (χ2n) is 5.34. The number of hydrogen-bond donors (Lipinski definition) is 1. The Morgan fingerprint density at radius 2 is 1.91 bits per heavy atom. The molecule has 2 amide bonds. The van der Waals surface area contributed by atoms with Gasteiger partial charge in [-0.15, -0.1) is 5.10 Å². The highest BCUT2D eigenvalue weighted by Crippen LogP contribution is 2.15. The molecule has 0 atom stereocenters. The van der Waals surface area contributed by atoms with Crippen LogP contribution in [0.25, 0.3) is 5.69 Å². The van der Waals surface area contributed by atoms with E-state index in [1.807, 2.05) is 32.0 Å². The maximum Gasteiger partial charge on any atom is 0.276 e. The topological polar surface area (TPSA) is 94.1 Å². The average Bonchev–Trinajstić information content (AvgIpc) is 2.78. The van der Waals surface area contributed by atoms with E-state index in [9.17, 15) is 9.59 Å². The van der Waals surface area contributed by atoms with Gasteiger partial charge in [0.2, 0.25) is 5.91 Å². The zero-order valence-electron chi connectivity index (χ0n) is 13.1. The molecule has 2 aromatic rings. The lowest BCUT2D eigenvalue weighted by molar-refractivity contribution is -0.118. The van der Waals surface area contributed by atoms with Crippen LogP contribution < -0.4 is 5.73 Å². The summed E-state index contributed by atoms with van der Waals surface area (Å²) in [4.78, 5) is 25.9. The van der Waals surface area contributed by atoms with E-state index >= 15 is 0 Å². The fraction of sp³-hybridized carbons (Fsp3) is 0.333. The van der Waals surface area contributed by atoms with Gasteiger partial charge in [0.15, 0.2) is 5.69 Å². The molecular weight excluding hydrogens is 282 g/mol. The number of carbonyl (C=O) groups excluding carboxylic acids is 2. The third-order valence-corrected chi connectivity index (χ3v) is 3.29. The Morgan fingerprint density at radius 1 is 1.23 bits per heavy atom. The average molecular weight is 301 g/mol. The molecule has 1 aromatic heterocycles. The van der Waals surface area contributed by atoms with Gasteiger partial charge in [0.1, 0.15) is 0 Å². The van der Waals surface area contributed by atoms with Crippen LogP contribution in [0.3, 0.4) is 0 Å². The van der Waals surface area contributed by atoms with Crippen molar-refractivity contribution in [1.82, 2.24) is 19.9 Å². The summed E-state index contributed by atoms with van der Waals surface area (Å²) < 4.78 is 0. The van der Waals surface area contributed by atoms with Gasteiger partial charge in [0.05, 0.1) is 17.9 Å². The van der Waals surface area contributed by atoms with Crippen LogP contribution in [0.4, 0.5) is 0 Å². The molecule has 1 aromatic carbocycles. The second-order valence-corrected chi connectivity index (χ2v) is 5.34. The molecule has 0 saturated heterocycles. The van der Waals surface area contributed by atoms with Crippen LogP contribution >= 0.6 is 0 Å². The van der Waals surface area contributed by atoms with Gasteiger partial charge in [-0.05, 0) is 32.4 Å². The summed E-state index contributed by atoms with van der Waals surface area (Å²) >= 11 is 0. The lowest BCUT2D eigenvalue weighted by atomic mass is 10.1. The molecule has 0 unspecified atom stereocenters. The number of likely N-dealkylation sites (N-methyl/N-ethyl adjacent to an activating group) is 1. The lowest BCUT2D eigenvalue weighted by Gasteiger charge is -2.13. The van der Waals surface area contributed by atoms with Gasteiger partial charge in [0, 0.05) is 7.05 Å². The van der Waals surface area contributed by atoms with Crippen molar-refractivity contribution in [3.63, 3.8) is 0 Å². The van der Waals surface area contributed by atoms with Crippen LogP contribution in [0.2, 0.25) is 0 Å². The zero-order valence-corrected chi connectivity index (χ0v) is 13.1. The normalized spacial score (nSPS) is 10.5. The van der Waals surface area contributed by atoms with E-state index in [4.69, 9.17) is 5.73 Å². The van der Waals surface area contributed by atoms with Crippen LogP contribution in [0.5, 0.6) is 0 Å². The summed E-state index contributed by atoms with van der Waals surface area (Å²) in [6.45, 7) is 5.51. The minimum atomic E-state index is -0.574. The van der Waals surface area contributed by atoms with Gasteiger partial charge >= 0.3 is 0 Å². The molecule has 0 spiro atoms. The molecule has 2 N–H and O–H groups in total. The van der Waals surface area contributed by atoms with E-state index in [1.54, 1.807) is 6.92 Å². The van der Waals surface area contributed by atoms with Gasteiger partial charge in [-0.25, -0.2) is 0 Å². The molecule has 0 aliphatic carbocycles. The number of rotatable bonds is 4. The fourth-order valence-corrected chi connectivity index (χ4v) is 2.20. The maximum atomic E-state index is 12.3. The first-order valence-corrected chi connectivity index (χ1v) is 6.85. The van der Waals surface area contributed by atoms with Crippen molar-refractivity contribution in [3.8, 4) is 5.69 Å². The summed E-state index contributed by atoms with van der Waals surface area (Å²) in [5, 5.41) is 8.56. The van der Waals surface area contributed by atoms with E-state index in [1.165, 1.54) is 16.7 Å². The monoisotopic (exact) mass is 301 g/mol. The minimum absolute atomic E-state index is 0.158. The smallest absolute Gasteiger partial charge is 0.276 e. The Hall–Kier alpha value is -2.70. The molecule has 7 nitrogen and oxygen atoms in total.